The maximum Gasteiger partial charge on any atom is 0.343 e. The van der Waals surface area contributed by atoms with Crippen molar-refractivity contribution in [2.24, 2.45) is 7.05 Å². The molecule has 7 nitrogen and oxygen atoms in total. The SMILES string of the molecule is [C-]#[N+]c1cc(C#N)cc(Oc2c(CC)ccc(Cc3n[nH]c(=O)n3C)c2F)c1. The van der Waals surface area contributed by atoms with E-state index in [1.54, 1.807) is 19.2 Å². The molecule has 1 N–H and O–H groups in total. The Bertz CT molecular complexity index is 1150. The summed E-state index contributed by atoms with van der Waals surface area (Å²) in [4.78, 5) is 14.8. The molecule has 1 aromatic heterocycles. The van der Waals surface area contributed by atoms with Gasteiger partial charge in [-0.25, -0.2) is 19.1 Å². The number of aromatic nitrogens is 3. The number of H-pyrrole nitrogens is 1. The van der Waals surface area contributed by atoms with Gasteiger partial charge in [0.15, 0.2) is 17.3 Å². The minimum absolute atomic E-state index is 0.0338. The number of benzene rings is 2. The van der Waals surface area contributed by atoms with E-state index >= 15 is 4.39 Å². The number of hydrogen-bond donors (Lipinski definition) is 1. The Hall–Kier alpha value is -3.91. The maximum atomic E-state index is 15.2. The van der Waals surface area contributed by atoms with Gasteiger partial charge in [-0.3, -0.25) is 4.57 Å². The molecule has 0 atom stereocenters. The highest BCUT2D eigenvalue weighted by Crippen LogP contribution is 2.34. The third-order valence-corrected chi connectivity index (χ3v) is 4.33. The fourth-order valence-corrected chi connectivity index (χ4v) is 2.76. The van der Waals surface area contributed by atoms with Gasteiger partial charge in [-0.1, -0.05) is 19.1 Å². The molecule has 0 amide bonds. The zero-order chi connectivity index (χ0) is 20.3. The Morgan fingerprint density at radius 2 is 2.11 bits per heavy atom. The first kappa shape index (κ1) is 18.9. The molecule has 0 fully saturated rings. The van der Waals surface area contributed by atoms with Crippen molar-refractivity contribution in [3.05, 3.63) is 80.6 Å². The van der Waals surface area contributed by atoms with Gasteiger partial charge < -0.3 is 4.74 Å². The van der Waals surface area contributed by atoms with Gasteiger partial charge in [0.05, 0.1) is 12.6 Å². The number of nitrogens with zero attached hydrogens (tertiary/aromatic N) is 4. The van der Waals surface area contributed by atoms with Crippen molar-refractivity contribution >= 4 is 5.69 Å². The molecular weight excluding hydrogens is 361 g/mol. The van der Waals surface area contributed by atoms with Crippen LogP contribution in [0.5, 0.6) is 11.5 Å². The van der Waals surface area contributed by atoms with Crippen molar-refractivity contribution in [1.29, 1.82) is 5.26 Å². The zero-order valence-corrected chi connectivity index (χ0v) is 15.3. The largest absolute Gasteiger partial charge is 0.455 e. The molecule has 0 aliphatic carbocycles. The normalized spacial score (nSPS) is 10.3. The van der Waals surface area contributed by atoms with E-state index < -0.39 is 5.82 Å². The topological polar surface area (TPSA) is 88.1 Å². The highest BCUT2D eigenvalue weighted by atomic mass is 19.1. The summed E-state index contributed by atoms with van der Waals surface area (Å²) < 4.78 is 22.3. The summed E-state index contributed by atoms with van der Waals surface area (Å²) in [6.45, 7) is 9.01. The van der Waals surface area contributed by atoms with Crippen LogP contribution in [0.25, 0.3) is 4.85 Å². The molecule has 0 aliphatic rings. The Labute approximate surface area is 160 Å². The molecule has 0 aliphatic heterocycles. The summed E-state index contributed by atoms with van der Waals surface area (Å²) in [5.41, 5.74) is 1.07. The standard InChI is InChI=1S/C20H16FN5O2/c1-4-13-5-6-14(9-17-24-25-20(27)26(17)3)18(21)19(13)28-16-8-12(11-22)7-15(10-16)23-2/h5-8,10H,4,9H2,1,3H3,(H,25,27). The zero-order valence-electron chi connectivity index (χ0n) is 15.3. The first-order chi connectivity index (χ1) is 13.5. The number of rotatable bonds is 5. The number of aryl methyl sites for hydroxylation is 1. The molecule has 0 spiro atoms. The van der Waals surface area contributed by atoms with Crippen LogP contribution >= 0.6 is 0 Å². The molecule has 8 heteroatoms. The molecular formula is C20H16FN5O2. The first-order valence-electron chi connectivity index (χ1n) is 8.47. The highest BCUT2D eigenvalue weighted by Gasteiger charge is 2.18. The van der Waals surface area contributed by atoms with Crippen LogP contribution in [0.4, 0.5) is 10.1 Å². The number of halogens is 1. The van der Waals surface area contributed by atoms with Gasteiger partial charge in [0, 0.05) is 19.0 Å². The van der Waals surface area contributed by atoms with Gasteiger partial charge in [-0.2, -0.15) is 10.4 Å². The molecule has 140 valence electrons. The molecule has 0 bridgehead atoms. The van der Waals surface area contributed by atoms with Crippen LogP contribution in [0.15, 0.2) is 35.1 Å². The molecule has 0 radical (unpaired) electrons. The average Bonchev–Trinajstić information content (AvgIpc) is 3.02. The second kappa shape index (κ2) is 7.77. The van der Waals surface area contributed by atoms with Crippen LogP contribution in [0, 0.1) is 23.7 Å². The molecule has 3 aromatic rings. The van der Waals surface area contributed by atoms with Crippen molar-refractivity contribution in [3.8, 4) is 17.6 Å². The monoisotopic (exact) mass is 377 g/mol. The predicted molar refractivity (Wildman–Crippen MR) is 99.9 cm³/mol. The van der Waals surface area contributed by atoms with Gasteiger partial charge in [0.25, 0.3) is 0 Å². The quantitative estimate of drug-likeness (QED) is 0.688. The van der Waals surface area contributed by atoms with Crippen molar-refractivity contribution in [3.63, 3.8) is 0 Å². The van der Waals surface area contributed by atoms with Gasteiger partial charge in [-0.05, 0) is 35.7 Å². The summed E-state index contributed by atoms with van der Waals surface area (Å²) in [5, 5.41) is 15.3. The number of hydrogen-bond acceptors (Lipinski definition) is 4. The fraction of sp³-hybridized carbons (Fsp3) is 0.200. The molecule has 1 heterocycles. The molecule has 28 heavy (non-hydrogen) atoms. The van der Waals surface area contributed by atoms with Crippen LogP contribution in [-0.2, 0) is 19.9 Å². The summed E-state index contributed by atoms with van der Waals surface area (Å²) >= 11 is 0. The Morgan fingerprint density at radius 3 is 2.71 bits per heavy atom. The lowest BCUT2D eigenvalue weighted by molar-refractivity contribution is 0.433. The summed E-state index contributed by atoms with van der Waals surface area (Å²) in [7, 11) is 1.55. The van der Waals surface area contributed by atoms with Crippen molar-refractivity contribution < 1.29 is 9.13 Å². The lowest BCUT2D eigenvalue weighted by Crippen LogP contribution is -2.15. The Morgan fingerprint density at radius 1 is 1.36 bits per heavy atom. The number of ether oxygens (including phenoxy) is 1. The van der Waals surface area contributed by atoms with Crippen LogP contribution in [0.1, 0.15) is 29.4 Å². The number of nitrogens with one attached hydrogen (secondary N) is 1. The fourth-order valence-electron chi connectivity index (χ4n) is 2.76. The molecule has 0 saturated carbocycles. The minimum atomic E-state index is -0.568. The molecule has 0 unspecified atom stereocenters. The van der Waals surface area contributed by atoms with E-state index in [2.05, 4.69) is 15.0 Å². The Kier molecular flexibility index (Phi) is 5.23. The van der Waals surface area contributed by atoms with Gasteiger partial charge in [-0.15, -0.1) is 0 Å². The number of aromatic amines is 1. The first-order valence-corrected chi connectivity index (χ1v) is 8.47. The highest BCUT2D eigenvalue weighted by molar-refractivity contribution is 5.56. The average molecular weight is 377 g/mol. The maximum absolute atomic E-state index is 15.2. The molecule has 3 rings (SSSR count). The van der Waals surface area contributed by atoms with Crippen molar-refractivity contribution in [2.45, 2.75) is 19.8 Å². The smallest absolute Gasteiger partial charge is 0.343 e. The molecule has 2 aromatic carbocycles. The third kappa shape index (κ3) is 3.62. The van der Waals surface area contributed by atoms with E-state index in [9.17, 15) is 4.79 Å². The van der Waals surface area contributed by atoms with E-state index in [1.165, 1.54) is 22.8 Å². The van der Waals surface area contributed by atoms with Gasteiger partial charge >= 0.3 is 5.69 Å². The van der Waals surface area contributed by atoms with Crippen molar-refractivity contribution in [1.82, 2.24) is 14.8 Å². The second-order valence-corrected chi connectivity index (χ2v) is 6.10. The van der Waals surface area contributed by atoms with E-state index in [0.29, 0.717) is 23.4 Å². The van der Waals surface area contributed by atoms with E-state index in [-0.39, 0.29) is 34.9 Å². The second-order valence-electron chi connectivity index (χ2n) is 6.10. The predicted octanol–water partition coefficient (Wildman–Crippen LogP) is 3.62. The van der Waals surface area contributed by atoms with Crippen LogP contribution in [0.2, 0.25) is 0 Å². The third-order valence-electron chi connectivity index (χ3n) is 4.33. The summed E-state index contributed by atoms with van der Waals surface area (Å²) in [6, 6.07) is 9.70. The lowest BCUT2D eigenvalue weighted by Gasteiger charge is -2.14. The van der Waals surface area contributed by atoms with Crippen molar-refractivity contribution in [2.75, 3.05) is 0 Å². The minimum Gasteiger partial charge on any atom is -0.455 e. The van der Waals surface area contributed by atoms with E-state index in [4.69, 9.17) is 16.6 Å². The Balaban J connectivity index is 2.03. The molecule has 0 saturated heterocycles. The number of nitriles is 1. The van der Waals surface area contributed by atoms with E-state index in [0.717, 1.165) is 0 Å². The summed E-state index contributed by atoms with van der Waals surface area (Å²) in [6.07, 6.45) is 0.633. The van der Waals surface area contributed by atoms with Crippen LogP contribution < -0.4 is 10.4 Å². The van der Waals surface area contributed by atoms with Gasteiger partial charge in [0.2, 0.25) is 0 Å². The lowest BCUT2D eigenvalue weighted by atomic mass is 10.0. The van der Waals surface area contributed by atoms with Crippen LogP contribution in [-0.4, -0.2) is 14.8 Å². The van der Waals surface area contributed by atoms with Gasteiger partial charge in [0.1, 0.15) is 11.6 Å². The van der Waals surface area contributed by atoms with Crippen LogP contribution in [0.3, 0.4) is 0 Å². The summed E-state index contributed by atoms with van der Waals surface area (Å²) in [5.74, 6) is 0.0666. The van der Waals surface area contributed by atoms with E-state index in [1.807, 2.05) is 13.0 Å².